The number of pyridine rings is 1. The van der Waals surface area contributed by atoms with Crippen LogP contribution in [-0.4, -0.2) is 36.4 Å². The van der Waals surface area contributed by atoms with Crippen molar-refractivity contribution in [1.82, 2.24) is 15.0 Å². The number of allylic oxidation sites excluding steroid dienone is 3. The summed E-state index contributed by atoms with van der Waals surface area (Å²) in [7, 11) is 0. The Labute approximate surface area is 168 Å². The number of hydrogen-bond acceptors (Lipinski definition) is 4. The number of aromatic nitrogens is 3. The van der Waals surface area contributed by atoms with Gasteiger partial charge in [0.2, 0.25) is 0 Å². The molecule has 3 heterocycles. The van der Waals surface area contributed by atoms with Crippen LogP contribution in [0, 0.1) is 0 Å². The van der Waals surface area contributed by atoms with Gasteiger partial charge in [-0.1, -0.05) is 0 Å². The SMILES string of the molecule is C[C]1=CC=[CH][In]1[c]1cc(C(C)c2ccccc2Br)c2c(N)ncnc2n1. The summed E-state index contributed by atoms with van der Waals surface area (Å²) in [6, 6.07) is 10.6. The molecule has 26 heavy (non-hydrogen) atoms. The molecule has 6 heteroatoms. The van der Waals surface area contributed by atoms with Crippen LogP contribution in [0.15, 0.2) is 60.4 Å². The number of nitrogen functional groups attached to an aromatic ring is 1. The molecule has 0 spiro atoms. The predicted molar refractivity (Wildman–Crippen MR) is 112 cm³/mol. The average Bonchev–Trinajstić information content (AvgIpc) is 3.07. The van der Waals surface area contributed by atoms with Crippen molar-refractivity contribution in [2.24, 2.45) is 0 Å². The van der Waals surface area contributed by atoms with Gasteiger partial charge in [0.15, 0.2) is 0 Å². The molecule has 1 aliphatic rings. The van der Waals surface area contributed by atoms with Crippen molar-refractivity contribution in [3.63, 3.8) is 0 Å². The number of halogens is 1. The third-order valence-electron chi connectivity index (χ3n) is 4.99. The molecule has 128 valence electrons. The number of fused-ring (bicyclic) bond motifs is 1. The van der Waals surface area contributed by atoms with Crippen LogP contribution in [0.1, 0.15) is 30.9 Å². The Morgan fingerprint density at radius 2 is 1.96 bits per heavy atom. The van der Waals surface area contributed by atoms with Crippen molar-refractivity contribution in [3.05, 3.63) is 71.6 Å². The van der Waals surface area contributed by atoms with Gasteiger partial charge in [0, 0.05) is 0 Å². The standard InChI is InChI=1S/C15H12BrN4.C5H6.In/c1-9(10-4-2-3-5-12(10)16)11-6-7-18-15-13(11)14(17)19-8-20-15;1-3-5-4-2;/h2-6,8-9H,1H3,(H2,17,18,19,20);1,3,5H,2H3;. The van der Waals surface area contributed by atoms with E-state index < -0.39 is 21.4 Å². The fourth-order valence-corrected chi connectivity index (χ4v) is 10.6. The number of nitrogens with two attached hydrogens (primary N) is 1. The molecule has 0 fully saturated rings. The molecule has 4 nitrogen and oxygen atoms in total. The first-order valence-electron chi connectivity index (χ1n) is 8.56. The summed E-state index contributed by atoms with van der Waals surface area (Å²) in [5.41, 5.74) is 9.31. The molecule has 2 aromatic heterocycles. The van der Waals surface area contributed by atoms with Gasteiger partial charge in [-0.05, 0) is 0 Å². The van der Waals surface area contributed by atoms with Gasteiger partial charge in [-0.15, -0.1) is 0 Å². The topological polar surface area (TPSA) is 64.7 Å². The van der Waals surface area contributed by atoms with Gasteiger partial charge in [0.25, 0.3) is 0 Å². The molecular formula is C20H18BrInN4. The third-order valence-corrected chi connectivity index (χ3v) is 13.5. The predicted octanol–water partition coefficient (Wildman–Crippen LogP) is 3.82. The molecule has 1 atom stereocenters. The molecule has 0 amide bonds. The van der Waals surface area contributed by atoms with Crippen molar-refractivity contribution < 1.29 is 0 Å². The summed E-state index contributed by atoms with van der Waals surface area (Å²) in [5.74, 6) is 0.650. The molecule has 1 unspecified atom stereocenters. The normalized spacial score (nSPS) is 14.7. The van der Waals surface area contributed by atoms with Gasteiger partial charge < -0.3 is 0 Å². The fraction of sp³-hybridized carbons (Fsp3) is 0.150. The quantitative estimate of drug-likeness (QED) is 0.584. The molecule has 3 aromatic rings. The van der Waals surface area contributed by atoms with Gasteiger partial charge in [-0.2, -0.15) is 0 Å². The van der Waals surface area contributed by atoms with E-state index in [1.54, 1.807) is 0 Å². The van der Waals surface area contributed by atoms with Crippen LogP contribution in [0.4, 0.5) is 5.82 Å². The zero-order valence-electron chi connectivity index (χ0n) is 14.6. The van der Waals surface area contributed by atoms with E-state index in [2.05, 4.69) is 80.0 Å². The van der Waals surface area contributed by atoms with Crippen LogP contribution in [0.5, 0.6) is 0 Å². The minimum atomic E-state index is -2.17. The van der Waals surface area contributed by atoms with E-state index in [4.69, 9.17) is 10.7 Å². The summed E-state index contributed by atoms with van der Waals surface area (Å²) < 4.78 is 6.16. The Morgan fingerprint density at radius 3 is 2.69 bits per heavy atom. The fourth-order valence-electron chi connectivity index (χ4n) is 3.54. The van der Waals surface area contributed by atoms with E-state index in [1.807, 2.05) is 6.07 Å². The Balaban J connectivity index is 1.96. The number of anilines is 1. The molecular weight excluding hydrogens is 491 g/mol. The van der Waals surface area contributed by atoms with Crippen molar-refractivity contribution >= 4 is 57.7 Å². The number of benzene rings is 1. The van der Waals surface area contributed by atoms with Crippen molar-refractivity contribution in [3.8, 4) is 0 Å². The number of hydrogen-bond donors (Lipinski definition) is 1. The second-order valence-corrected chi connectivity index (χ2v) is 15.6. The first-order chi connectivity index (χ1) is 12.6. The molecule has 0 bridgehead atoms. The minimum absolute atomic E-state index is 0.157. The van der Waals surface area contributed by atoms with Crippen molar-refractivity contribution in [1.29, 1.82) is 0 Å². The summed E-state index contributed by atoms with van der Waals surface area (Å²) >= 11 is 1.51. The van der Waals surface area contributed by atoms with E-state index in [9.17, 15) is 0 Å². The zero-order chi connectivity index (χ0) is 18.3. The van der Waals surface area contributed by atoms with Crippen LogP contribution >= 0.6 is 15.9 Å². The summed E-state index contributed by atoms with van der Waals surface area (Å²) in [6.45, 7) is 4.42. The molecule has 0 aliphatic carbocycles. The van der Waals surface area contributed by atoms with E-state index >= 15 is 0 Å². The molecule has 0 saturated carbocycles. The Morgan fingerprint density at radius 1 is 1.15 bits per heavy atom. The van der Waals surface area contributed by atoms with Crippen LogP contribution in [0.2, 0.25) is 0 Å². The van der Waals surface area contributed by atoms with E-state index in [1.165, 1.54) is 18.7 Å². The Kier molecular flexibility index (Phi) is 4.88. The monoisotopic (exact) mass is 508 g/mol. The van der Waals surface area contributed by atoms with Crippen LogP contribution < -0.4 is 9.18 Å². The van der Waals surface area contributed by atoms with Crippen LogP contribution in [-0.2, 0) is 0 Å². The summed E-state index contributed by atoms with van der Waals surface area (Å²) in [4.78, 5) is 13.5. The number of rotatable bonds is 3. The van der Waals surface area contributed by atoms with Gasteiger partial charge >= 0.3 is 170 Å². The second kappa shape index (κ2) is 7.16. The maximum atomic E-state index is 6.23. The third kappa shape index (κ3) is 3.09. The molecule has 2 N–H and O–H groups in total. The molecule has 4 rings (SSSR count). The van der Waals surface area contributed by atoms with E-state index in [0.717, 1.165) is 15.4 Å². The van der Waals surface area contributed by atoms with E-state index in [0.29, 0.717) is 11.5 Å². The molecule has 0 radical (unpaired) electrons. The Hall–Kier alpha value is -1.66. The molecule has 1 aromatic carbocycles. The van der Waals surface area contributed by atoms with Gasteiger partial charge in [0.1, 0.15) is 0 Å². The van der Waals surface area contributed by atoms with Crippen LogP contribution in [0.3, 0.4) is 0 Å². The first kappa shape index (κ1) is 17.7. The second-order valence-electron chi connectivity index (χ2n) is 6.61. The van der Waals surface area contributed by atoms with Gasteiger partial charge in [-0.25, -0.2) is 0 Å². The van der Waals surface area contributed by atoms with Gasteiger partial charge in [-0.3, -0.25) is 0 Å². The van der Waals surface area contributed by atoms with Crippen molar-refractivity contribution in [2.75, 3.05) is 5.73 Å². The summed E-state index contributed by atoms with van der Waals surface area (Å²) in [5, 5.41) is 0.870. The maximum absolute atomic E-state index is 6.23. The number of nitrogens with zero attached hydrogens (tertiary/aromatic N) is 3. The van der Waals surface area contributed by atoms with Crippen molar-refractivity contribution in [2.45, 2.75) is 19.8 Å². The molecule has 1 aliphatic heterocycles. The first-order valence-corrected chi connectivity index (χ1v) is 14.6. The molecule has 0 saturated heterocycles. The summed E-state index contributed by atoms with van der Waals surface area (Å²) in [6.07, 6.45) is 5.90. The van der Waals surface area contributed by atoms with E-state index in [-0.39, 0.29) is 5.92 Å². The van der Waals surface area contributed by atoms with Crippen LogP contribution in [0.25, 0.3) is 11.0 Å². The van der Waals surface area contributed by atoms with Gasteiger partial charge in [0.05, 0.1) is 0 Å². The Bertz CT molecular complexity index is 1060. The average molecular weight is 509 g/mol. The zero-order valence-corrected chi connectivity index (χ0v) is 19.5.